The van der Waals surface area contributed by atoms with Gasteiger partial charge in [-0.25, -0.2) is 8.42 Å². The first kappa shape index (κ1) is 15.6. The zero-order valence-corrected chi connectivity index (χ0v) is 14.5. The number of sulfonamides is 1. The van der Waals surface area contributed by atoms with Crippen LogP contribution in [-0.2, 0) is 16.6 Å². The van der Waals surface area contributed by atoms with Gasteiger partial charge in [0.1, 0.15) is 10.7 Å². The number of benzene rings is 1. The van der Waals surface area contributed by atoms with Gasteiger partial charge in [-0.2, -0.15) is 0 Å². The second kappa shape index (κ2) is 6.30. The molecular formula is C12H12Br2N2O3S. The first-order valence-corrected chi connectivity index (χ1v) is 8.70. The number of furan rings is 1. The van der Waals surface area contributed by atoms with Crippen LogP contribution in [0.5, 0.6) is 0 Å². The molecule has 1 aromatic heterocycles. The maximum atomic E-state index is 12.3. The van der Waals surface area contributed by atoms with Crippen LogP contribution < -0.4 is 10.0 Å². The SMILES string of the molecule is CNCc1cc(S(=O)(=O)Nc2ccc(Br)cc2)c(Br)o1. The zero-order chi connectivity index (χ0) is 14.8. The highest BCUT2D eigenvalue weighted by Crippen LogP contribution is 2.28. The lowest BCUT2D eigenvalue weighted by molar-refractivity contribution is 0.470. The molecule has 0 aliphatic heterocycles. The molecule has 0 spiro atoms. The first-order valence-electron chi connectivity index (χ1n) is 5.63. The monoisotopic (exact) mass is 422 g/mol. The largest absolute Gasteiger partial charge is 0.451 e. The molecule has 0 bridgehead atoms. The fourth-order valence-electron chi connectivity index (χ4n) is 1.57. The second-order valence-electron chi connectivity index (χ2n) is 3.99. The molecule has 2 N–H and O–H groups in total. The summed E-state index contributed by atoms with van der Waals surface area (Å²) in [5.41, 5.74) is 0.483. The Balaban J connectivity index is 2.28. The molecule has 0 aliphatic carbocycles. The lowest BCUT2D eigenvalue weighted by atomic mass is 10.3. The van der Waals surface area contributed by atoms with Gasteiger partial charge in [0.2, 0.25) is 0 Å². The van der Waals surface area contributed by atoms with Crippen LogP contribution in [0.15, 0.2) is 48.8 Å². The quantitative estimate of drug-likeness (QED) is 0.773. The van der Waals surface area contributed by atoms with E-state index in [-0.39, 0.29) is 9.56 Å². The average molecular weight is 424 g/mol. The van der Waals surface area contributed by atoms with Crippen molar-refractivity contribution < 1.29 is 12.8 Å². The molecule has 8 heteroatoms. The van der Waals surface area contributed by atoms with Crippen molar-refractivity contribution in [3.8, 4) is 0 Å². The average Bonchev–Trinajstić information content (AvgIpc) is 2.74. The fourth-order valence-corrected chi connectivity index (χ4v) is 3.89. The molecule has 2 rings (SSSR count). The smallest absolute Gasteiger partial charge is 0.266 e. The molecule has 0 saturated heterocycles. The number of nitrogens with one attached hydrogen (secondary N) is 2. The standard InChI is InChI=1S/C12H12Br2N2O3S/c1-15-7-10-6-11(12(14)19-10)20(17,18)16-9-4-2-8(13)3-5-9/h2-6,15-16H,7H2,1H3. The Morgan fingerprint density at radius 1 is 1.20 bits per heavy atom. The van der Waals surface area contributed by atoms with Crippen LogP contribution in [-0.4, -0.2) is 15.5 Å². The summed E-state index contributed by atoms with van der Waals surface area (Å²) in [6.45, 7) is 0.451. The number of rotatable bonds is 5. The maximum absolute atomic E-state index is 12.3. The minimum Gasteiger partial charge on any atom is -0.451 e. The molecule has 108 valence electrons. The molecule has 2 aromatic rings. The maximum Gasteiger partial charge on any atom is 0.266 e. The molecule has 0 atom stereocenters. The summed E-state index contributed by atoms with van der Waals surface area (Å²) in [4.78, 5) is 0.0747. The van der Waals surface area contributed by atoms with Crippen LogP contribution in [0.3, 0.4) is 0 Å². The van der Waals surface area contributed by atoms with Crippen LogP contribution in [0.2, 0.25) is 0 Å². The molecular weight excluding hydrogens is 412 g/mol. The summed E-state index contributed by atoms with van der Waals surface area (Å²) >= 11 is 6.42. The summed E-state index contributed by atoms with van der Waals surface area (Å²) in [7, 11) is -1.93. The van der Waals surface area contributed by atoms with Crippen molar-refractivity contribution in [2.24, 2.45) is 0 Å². The van der Waals surface area contributed by atoms with E-state index < -0.39 is 10.0 Å². The Labute approximate surface area is 134 Å². The molecule has 0 aliphatic rings. The van der Waals surface area contributed by atoms with Gasteiger partial charge in [0.05, 0.1) is 6.54 Å². The molecule has 1 aromatic carbocycles. The van der Waals surface area contributed by atoms with E-state index in [0.29, 0.717) is 18.0 Å². The summed E-state index contributed by atoms with van der Waals surface area (Å²) < 4.78 is 33.5. The van der Waals surface area contributed by atoms with Gasteiger partial charge in [-0.15, -0.1) is 0 Å². The van der Waals surface area contributed by atoms with Gasteiger partial charge in [0, 0.05) is 16.2 Å². The first-order chi connectivity index (χ1) is 9.42. The van der Waals surface area contributed by atoms with Gasteiger partial charge in [0.25, 0.3) is 10.0 Å². The molecule has 0 saturated carbocycles. The summed E-state index contributed by atoms with van der Waals surface area (Å²) in [5.74, 6) is 0.538. The third kappa shape index (κ3) is 3.63. The van der Waals surface area contributed by atoms with Gasteiger partial charge in [-0.05, 0) is 47.2 Å². The van der Waals surface area contributed by atoms with E-state index in [1.165, 1.54) is 6.07 Å². The van der Waals surface area contributed by atoms with Crippen LogP contribution in [0.1, 0.15) is 5.76 Å². The van der Waals surface area contributed by atoms with Gasteiger partial charge >= 0.3 is 0 Å². The molecule has 1 heterocycles. The highest BCUT2D eigenvalue weighted by molar-refractivity contribution is 9.10. The molecule has 0 amide bonds. The van der Waals surface area contributed by atoms with Crippen molar-refractivity contribution in [1.82, 2.24) is 5.32 Å². The van der Waals surface area contributed by atoms with Crippen molar-refractivity contribution in [1.29, 1.82) is 0 Å². The van der Waals surface area contributed by atoms with E-state index in [1.807, 2.05) is 0 Å². The van der Waals surface area contributed by atoms with Gasteiger partial charge in [-0.1, -0.05) is 15.9 Å². The third-order valence-electron chi connectivity index (χ3n) is 2.44. The molecule has 0 radical (unpaired) electrons. The van der Waals surface area contributed by atoms with E-state index in [0.717, 1.165) is 4.47 Å². The Hall–Kier alpha value is -0.830. The summed E-state index contributed by atoms with van der Waals surface area (Å²) in [5, 5.41) is 2.90. The van der Waals surface area contributed by atoms with Crippen molar-refractivity contribution in [2.75, 3.05) is 11.8 Å². The second-order valence-corrected chi connectivity index (χ2v) is 7.28. The highest BCUT2D eigenvalue weighted by Gasteiger charge is 2.22. The summed E-state index contributed by atoms with van der Waals surface area (Å²) in [6, 6.07) is 8.35. The van der Waals surface area contributed by atoms with E-state index in [2.05, 4.69) is 41.9 Å². The topological polar surface area (TPSA) is 71.3 Å². The number of hydrogen-bond acceptors (Lipinski definition) is 4. The highest BCUT2D eigenvalue weighted by atomic mass is 79.9. The predicted octanol–water partition coefficient (Wildman–Crippen LogP) is 3.32. The van der Waals surface area contributed by atoms with Gasteiger partial charge in [-0.3, -0.25) is 4.72 Å². The fraction of sp³-hybridized carbons (Fsp3) is 0.167. The van der Waals surface area contributed by atoms with Crippen molar-refractivity contribution >= 4 is 47.6 Å². The van der Waals surface area contributed by atoms with Crippen LogP contribution in [0, 0.1) is 0 Å². The Morgan fingerprint density at radius 2 is 1.85 bits per heavy atom. The number of hydrogen-bond donors (Lipinski definition) is 2. The van der Waals surface area contributed by atoms with Gasteiger partial charge in [0.15, 0.2) is 4.67 Å². The van der Waals surface area contributed by atoms with E-state index in [1.54, 1.807) is 31.3 Å². The van der Waals surface area contributed by atoms with E-state index in [9.17, 15) is 8.42 Å². The third-order valence-corrected chi connectivity index (χ3v) is 5.21. The molecule has 0 fully saturated rings. The van der Waals surface area contributed by atoms with Crippen molar-refractivity contribution in [2.45, 2.75) is 11.4 Å². The minimum atomic E-state index is -3.69. The molecule has 5 nitrogen and oxygen atoms in total. The Morgan fingerprint density at radius 3 is 2.45 bits per heavy atom. The summed E-state index contributed by atoms with van der Waals surface area (Å²) in [6.07, 6.45) is 0. The van der Waals surface area contributed by atoms with Crippen molar-refractivity contribution in [3.63, 3.8) is 0 Å². The molecule has 0 unspecified atom stereocenters. The number of halogens is 2. The van der Waals surface area contributed by atoms with Crippen LogP contribution >= 0.6 is 31.9 Å². The van der Waals surface area contributed by atoms with E-state index in [4.69, 9.17) is 4.42 Å². The predicted molar refractivity (Wildman–Crippen MR) is 84.1 cm³/mol. The minimum absolute atomic E-state index is 0.0747. The zero-order valence-electron chi connectivity index (χ0n) is 10.5. The van der Waals surface area contributed by atoms with Gasteiger partial charge < -0.3 is 9.73 Å². The van der Waals surface area contributed by atoms with Crippen LogP contribution in [0.4, 0.5) is 5.69 Å². The Kier molecular flexibility index (Phi) is 4.90. The van der Waals surface area contributed by atoms with Crippen LogP contribution in [0.25, 0.3) is 0 Å². The Bertz CT molecular complexity index is 696. The lowest BCUT2D eigenvalue weighted by Gasteiger charge is -2.06. The normalized spacial score (nSPS) is 11.6. The lowest BCUT2D eigenvalue weighted by Crippen LogP contribution is -2.12. The molecule has 20 heavy (non-hydrogen) atoms. The number of anilines is 1. The van der Waals surface area contributed by atoms with E-state index >= 15 is 0 Å². The van der Waals surface area contributed by atoms with Crippen molar-refractivity contribution in [3.05, 3.63) is 45.2 Å².